The van der Waals surface area contributed by atoms with E-state index in [4.69, 9.17) is 20.6 Å². The summed E-state index contributed by atoms with van der Waals surface area (Å²) in [5, 5.41) is 1.72. The third-order valence-electron chi connectivity index (χ3n) is 5.78. The van der Waals surface area contributed by atoms with Gasteiger partial charge >= 0.3 is 11.9 Å². The van der Waals surface area contributed by atoms with Crippen molar-refractivity contribution in [1.82, 2.24) is 0 Å². The molecule has 0 unspecified atom stereocenters. The van der Waals surface area contributed by atoms with Crippen LogP contribution in [0.5, 0.6) is 5.75 Å². The van der Waals surface area contributed by atoms with E-state index in [9.17, 15) is 14.0 Å². The predicted molar refractivity (Wildman–Crippen MR) is 144 cm³/mol. The van der Waals surface area contributed by atoms with Crippen LogP contribution in [0.15, 0.2) is 59.5 Å². The smallest absolute Gasteiger partial charge is 0.326 e. The van der Waals surface area contributed by atoms with Gasteiger partial charge in [-0.15, -0.1) is 6.42 Å². The zero-order valence-corrected chi connectivity index (χ0v) is 22.0. The average molecular weight is 525 g/mol. The molecule has 7 nitrogen and oxygen atoms in total. The molecule has 0 bridgehead atoms. The molecular formula is C28H29FN2O5S. The van der Waals surface area contributed by atoms with Crippen LogP contribution in [0.3, 0.4) is 0 Å². The van der Waals surface area contributed by atoms with Gasteiger partial charge in [0.15, 0.2) is 11.6 Å². The molecule has 3 aromatic rings. The number of esters is 2. The average Bonchev–Trinajstić information content (AvgIpc) is 2.90. The summed E-state index contributed by atoms with van der Waals surface area (Å²) in [5.41, 5.74) is 1.57. The molecule has 0 aromatic heterocycles. The van der Waals surface area contributed by atoms with Crippen LogP contribution in [0.2, 0.25) is 0 Å². The lowest BCUT2D eigenvalue weighted by atomic mass is 10.0. The van der Waals surface area contributed by atoms with Crippen molar-refractivity contribution in [2.24, 2.45) is 0 Å². The topological polar surface area (TPSA) is 68.3 Å². The largest absolute Gasteiger partial charge is 0.494 e. The Morgan fingerprint density at radius 3 is 2.24 bits per heavy atom. The Bertz CT molecular complexity index is 1310. The second kappa shape index (κ2) is 12.9. The van der Waals surface area contributed by atoms with Crippen molar-refractivity contribution in [1.29, 1.82) is 0 Å². The van der Waals surface area contributed by atoms with Crippen LogP contribution in [-0.4, -0.2) is 52.4 Å². The number of nitrogens with zero attached hydrogens (tertiary/aromatic N) is 2. The fraction of sp³-hybridized carbons (Fsp3) is 0.286. The Kier molecular flexibility index (Phi) is 9.64. The molecule has 3 rings (SSSR count). The highest BCUT2D eigenvalue weighted by molar-refractivity contribution is 8.00. The molecule has 0 radical (unpaired) electrons. The molecular weight excluding hydrogens is 495 g/mol. The number of carbonyl (C=O) groups is 2. The van der Waals surface area contributed by atoms with Gasteiger partial charge in [-0.2, -0.15) is 0 Å². The number of ether oxygens (including phenoxy) is 3. The standard InChI is InChI=1S/C28H29FN2O5S/c1-6-15-30(19(2)16-27(32)35-4)24-12-13-25(22-10-8-7-9-21(22)24)31(18-28(33)36-5)37-20-11-14-26(34-3)23(29)17-20/h1,7-14,17,19H,15-16,18H2,2-5H3/t19-/m0/s1. The Morgan fingerprint density at radius 2 is 1.65 bits per heavy atom. The molecule has 194 valence electrons. The van der Waals surface area contributed by atoms with Crippen LogP contribution in [0.4, 0.5) is 15.8 Å². The second-order valence-corrected chi connectivity index (χ2v) is 9.21. The van der Waals surface area contributed by atoms with Crippen molar-refractivity contribution < 1.29 is 28.2 Å². The minimum atomic E-state index is -0.504. The second-order valence-electron chi connectivity index (χ2n) is 8.11. The Labute approximate surface area is 220 Å². The van der Waals surface area contributed by atoms with Gasteiger partial charge in [-0.05, 0) is 49.2 Å². The van der Waals surface area contributed by atoms with Crippen molar-refractivity contribution in [2.45, 2.75) is 24.3 Å². The van der Waals surface area contributed by atoms with E-state index in [-0.39, 0.29) is 37.3 Å². The van der Waals surface area contributed by atoms with E-state index < -0.39 is 11.8 Å². The lowest BCUT2D eigenvalue weighted by molar-refractivity contribution is -0.141. The number of benzene rings is 3. The van der Waals surface area contributed by atoms with Gasteiger partial charge in [0, 0.05) is 27.4 Å². The van der Waals surface area contributed by atoms with Crippen molar-refractivity contribution in [3.63, 3.8) is 0 Å². The molecule has 0 amide bonds. The van der Waals surface area contributed by atoms with Crippen LogP contribution in [0.1, 0.15) is 13.3 Å². The molecule has 0 saturated heterocycles. The van der Waals surface area contributed by atoms with E-state index in [1.54, 1.807) is 10.4 Å². The number of terminal acetylenes is 1. The number of carbonyl (C=O) groups excluding carboxylic acids is 2. The van der Waals surface area contributed by atoms with Crippen molar-refractivity contribution in [3.8, 4) is 18.1 Å². The van der Waals surface area contributed by atoms with Gasteiger partial charge in [0.25, 0.3) is 0 Å². The number of anilines is 2. The van der Waals surface area contributed by atoms with E-state index in [0.29, 0.717) is 4.90 Å². The van der Waals surface area contributed by atoms with Crippen LogP contribution in [0, 0.1) is 18.2 Å². The van der Waals surface area contributed by atoms with Gasteiger partial charge in [0.2, 0.25) is 0 Å². The number of rotatable bonds is 11. The molecule has 3 aromatic carbocycles. The summed E-state index contributed by atoms with van der Waals surface area (Å²) in [5.74, 6) is 1.52. The maximum Gasteiger partial charge on any atom is 0.326 e. The fourth-order valence-corrected chi connectivity index (χ4v) is 4.89. The minimum Gasteiger partial charge on any atom is -0.494 e. The Hall–Kier alpha value is -3.90. The first kappa shape index (κ1) is 27.7. The molecule has 0 aliphatic rings. The van der Waals surface area contributed by atoms with Crippen LogP contribution >= 0.6 is 11.9 Å². The van der Waals surface area contributed by atoms with Gasteiger partial charge in [-0.25, -0.2) is 4.39 Å². The van der Waals surface area contributed by atoms with Crippen LogP contribution < -0.4 is 13.9 Å². The number of hydrogen-bond acceptors (Lipinski definition) is 8. The highest BCUT2D eigenvalue weighted by Crippen LogP contribution is 2.39. The summed E-state index contributed by atoms with van der Waals surface area (Å²) in [7, 11) is 4.07. The van der Waals surface area contributed by atoms with Gasteiger partial charge in [0.05, 0.1) is 40.0 Å². The maximum absolute atomic E-state index is 14.4. The molecule has 0 aliphatic carbocycles. The summed E-state index contributed by atoms with van der Waals surface area (Å²) >= 11 is 1.21. The summed E-state index contributed by atoms with van der Waals surface area (Å²) in [6, 6.07) is 15.9. The number of hydrogen-bond donors (Lipinski definition) is 0. The Morgan fingerprint density at radius 1 is 1.00 bits per heavy atom. The van der Waals surface area contributed by atoms with Gasteiger partial charge in [-0.1, -0.05) is 30.2 Å². The summed E-state index contributed by atoms with van der Waals surface area (Å²) < 4.78 is 30.9. The predicted octanol–water partition coefficient (Wildman–Crippen LogP) is 5.07. The normalized spacial score (nSPS) is 11.4. The molecule has 0 spiro atoms. The molecule has 0 fully saturated rings. The molecule has 37 heavy (non-hydrogen) atoms. The fourth-order valence-electron chi connectivity index (χ4n) is 3.93. The van der Waals surface area contributed by atoms with E-state index in [0.717, 1.165) is 22.1 Å². The monoisotopic (exact) mass is 524 g/mol. The maximum atomic E-state index is 14.4. The van der Waals surface area contributed by atoms with Crippen LogP contribution in [-0.2, 0) is 19.1 Å². The van der Waals surface area contributed by atoms with Crippen molar-refractivity contribution >= 4 is 46.0 Å². The number of methoxy groups -OCH3 is 3. The lowest BCUT2D eigenvalue weighted by Crippen LogP contribution is -2.35. The van der Waals surface area contributed by atoms with E-state index in [2.05, 4.69) is 5.92 Å². The molecule has 0 heterocycles. The quantitative estimate of drug-likeness (QED) is 0.196. The first-order chi connectivity index (χ1) is 17.8. The third-order valence-corrected chi connectivity index (χ3v) is 6.79. The molecule has 0 N–H and O–H groups in total. The van der Waals surface area contributed by atoms with Gasteiger partial charge in [-0.3, -0.25) is 9.59 Å². The number of fused-ring (bicyclic) bond motifs is 1. The molecule has 9 heteroatoms. The van der Waals surface area contributed by atoms with Crippen molar-refractivity contribution in [2.75, 3.05) is 43.6 Å². The van der Waals surface area contributed by atoms with E-state index in [1.165, 1.54) is 45.4 Å². The molecule has 0 saturated carbocycles. The number of halogens is 1. The zero-order chi connectivity index (χ0) is 26.9. The summed E-state index contributed by atoms with van der Waals surface area (Å²) in [4.78, 5) is 26.8. The zero-order valence-electron chi connectivity index (χ0n) is 21.2. The highest BCUT2D eigenvalue weighted by atomic mass is 32.2. The van der Waals surface area contributed by atoms with E-state index >= 15 is 0 Å². The van der Waals surface area contributed by atoms with Gasteiger partial charge in [0.1, 0.15) is 6.54 Å². The van der Waals surface area contributed by atoms with Crippen LogP contribution in [0.25, 0.3) is 10.8 Å². The minimum absolute atomic E-state index is 0.0784. The third kappa shape index (κ3) is 6.66. The first-order valence-electron chi connectivity index (χ1n) is 11.5. The molecule has 1 atom stereocenters. The van der Waals surface area contributed by atoms with Gasteiger partial charge < -0.3 is 23.4 Å². The Balaban J connectivity index is 2.09. The van der Waals surface area contributed by atoms with E-state index in [1.807, 2.05) is 48.2 Å². The van der Waals surface area contributed by atoms with Crippen molar-refractivity contribution in [3.05, 3.63) is 60.4 Å². The summed E-state index contributed by atoms with van der Waals surface area (Å²) in [6.45, 7) is 2.12. The molecule has 0 aliphatic heterocycles. The SMILES string of the molecule is C#CCN(c1ccc(N(CC(=O)OC)Sc2ccc(OC)c(F)c2)c2ccccc12)[C@@H](C)CC(=O)OC. The highest BCUT2D eigenvalue weighted by Gasteiger charge is 2.23. The lowest BCUT2D eigenvalue weighted by Gasteiger charge is -2.31. The first-order valence-corrected chi connectivity index (χ1v) is 12.2. The summed E-state index contributed by atoms with van der Waals surface area (Å²) in [6.07, 6.45) is 5.84.